The zero-order valence-electron chi connectivity index (χ0n) is 16.4. The Morgan fingerprint density at radius 3 is 2.74 bits per heavy atom. The Hall–Kier alpha value is -2.26. The molecule has 0 bridgehead atoms. The van der Waals surface area contributed by atoms with Crippen molar-refractivity contribution in [3.05, 3.63) is 82.3 Å². The van der Waals surface area contributed by atoms with Crippen molar-refractivity contribution in [2.75, 3.05) is 11.1 Å². The number of hydrogen-bond acceptors (Lipinski definition) is 6. The van der Waals surface area contributed by atoms with Crippen molar-refractivity contribution in [2.45, 2.75) is 27.9 Å². The third-order valence-corrected chi connectivity index (χ3v) is 7.55. The minimum Gasteiger partial charge on any atom is -0.324 e. The summed E-state index contributed by atoms with van der Waals surface area (Å²) in [5.74, 6) is 0.180. The van der Waals surface area contributed by atoms with Gasteiger partial charge in [-0.2, -0.15) is 0 Å². The number of aryl methyl sites for hydroxylation is 2. The van der Waals surface area contributed by atoms with Gasteiger partial charge >= 0.3 is 0 Å². The molecule has 0 spiro atoms. The molecule has 1 N–H and O–H groups in total. The summed E-state index contributed by atoms with van der Waals surface area (Å²) in [6, 6.07) is 19.6. The molecule has 0 aliphatic carbocycles. The van der Waals surface area contributed by atoms with Crippen LogP contribution in [0.2, 0.25) is 5.02 Å². The molecular formula is C22H19ClN4OS3. The van der Waals surface area contributed by atoms with Crippen molar-refractivity contribution in [3.63, 3.8) is 0 Å². The van der Waals surface area contributed by atoms with Gasteiger partial charge in [0, 0.05) is 26.2 Å². The van der Waals surface area contributed by atoms with Gasteiger partial charge in [0.2, 0.25) is 5.91 Å². The molecule has 0 saturated heterocycles. The van der Waals surface area contributed by atoms with E-state index in [0.717, 1.165) is 33.6 Å². The van der Waals surface area contributed by atoms with Crippen molar-refractivity contribution in [1.29, 1.82) is 0 Å². The number of thioether (sulfide) groups is 1. The van der Waals surface area contributed by atoms with E-state index >= 15 is 0 Å². The van der Waals surface area contributed by atoms with Crippen LogP contribution in [0.4, 0.5) is 5.69 Å². The fourth-order valence-electron chi connectivity index (χ4n) is 2.80. The minimum absolute atomic E-state index is 0.0815. The summed E-state index contributed by atoms with van der Waals surface area (Å²) in [4.78, 5) is 15.9. The maximum atomic E-state index is 12.6. The van der Waals surface area contributed by atoms with Gasteiger partial charge in [-0.1, -0.05) is 53.3 Å². The Morgan fingerprint density at radius 2 is 1.94 bits per heavy atom. The lowest BCUT2D eigenvalue weighted by Crippen LogP contribution is -2.15. The summed E-state index contributed by atoms with van der Waals surface area (Å²) in [5.41, 5.74) is 0.784. The summed E-state index contributed by atoms with van der Waals surface area (Å²) in [7, 11) is 0. The number of hydrogen-bond donors (Lipinski definition) is 1. The molecular weight excluding hydrogens is 468 g/mol. The zero-order chi connectivity index (χ0) is 21.5. The van der Waals surface area contributed by atoms with Crippen molar-refractivity contribution in [3.8, 4) is 0 Å². The van der Waals surface area contributed by atoms with E-state index in [4.69, 9.17) is 11.6 Å². The highest BCUT2D eigenvalue weighted by Crippen LogP contribution is 2.34. The van der Waals surface area contributed by atoms with E-state index < -0.39 is 0 Å². The van der Waals surface area contributed by atoms with Gasteiger partial charge in [0.25, 0.3) is 0 Å². The first-order valence-corrected chi connectivity index (χ1v) is 12.6. The molecule has 0 aliphatic rings. The smallest absolute Gasteiger partial charge is 0.234 e. The van der Waals surface area contributed by atoms with E-state index in [1.54, 1.807) is 29.4 Å². The van der Waals surface area contributed by atoms with Crippen LogP contribution in [0, 0.1) is 0 Å². The fourth-order valence-corrected chi connectivity index (χ4v) is 5.27. The molecule has 158 valence electrons. The molecule has 2 aromatic carbocycles. The van der Waals surface area contributed by atoms with E-state index in [2.05, 4.69) is 33.0 Å². The van der Waals surface area contributed by atoms with Crippen LogP contribution in [-0.2, 0) is 17.8 Å². The van der Waals surface area contributed by atoms with Crippen LogP contribution in [-0.4, -0.2) is 26.4 Å². The number of carbonyl (C=O) groups is 1. The van der Waals surface area contributed by atoms with Crippen molar-refractivity contribution in [2.24, 2.45) is 0 Å². The van der Waals surface area contributed by atoms with Gasteiger partial charge < -0.3 is 9.88 Å². The lowest BCUT2D eigenvalue weighted by Gasteiger charge is -2.11. The average Bonchev–Trinajstić information content (AvgIpc) is 3.45. The molecule has 4 aromatic rings. The lowest BCUT2D eigenvalue weighted by molar-refractivity contribution is -0.113. The topological polar surface area (TPSA) is 59.8 Å². The molecule has 31 heavy (non-hydrogen) atoms. The first-order chi connectivity index (χ1) is 15.2. The molecule has 0 radical (unpaired) electrons. The molecule has 2 aromatic heterocycles. The summed E-state index contributed by atoms with van der Waals surface area (Å²) < 4.78 is 1.99. The molecule has 5 nitrogen and oxygen atoms in total. The highest BCUT2D eigenvalue weighted by atomic mass is 35.5. The maximum absolute atomic E-state index is 12.6. The summed E-state index contributed by atoms with van der Waals surface area (Å²) in [5, 5.41) is 14.7. The van der Waals surface area contributed by atoms with E-state index in [0.29, 0.717) is 5.02 Å². The predicted molar refractivity (Wildman–Crippen MR) is 129 cm³/mol. The van der Waals surface area contributed by atoms with Crippen LogP contribution in [0.5, 0.6) is 0 Å². The lowest BCUT2D eigenvalue weighted by atomic mass is 10.3. The van der Waals surface area contributed by atoms with Crippen molar-refractivity contribution >= 4 is 58.1 Å². The summed E-state index contributed by atoms with van der Waals surface area (Å²) in [6.45, 7) is 0.790. The van der Waals surface area contributed by atoms with E-state index in [1.165, 1.54) is 16.6 Å². The van der Waals surface area contributed by atoms with Gasteiger partial charge in [-0.3, -0.25) is 4.79 Å². The Morgan fingerprint density at radius 1 is 1.10 bits per heavy atom. The van der Waals surface area contributed by atoms with Gasteiger partial charge in [-0.15, -0.1) is 21.5 Å². The minimum atomic E-state index is -0.0815. The first-order valence-electron chi connectivity index (χ1n) is 9.52. The number of para-hydroxylation sites is 1. The second-order valence-corrected chi connectivity index (χ2v) is 10.1. The largest absolute Gasteiger partial charge is 0.324 e. The number of nitrogens with zero attached hydrogens (tertiary/aromatic N) is 3. The van der Waals surface area contributed by atoms with Crippen molar-refractivity contribution in [1.82, 2.24) is 14.8 Å². The Labute approximate surface area is 198 Å². The first kappa shape index (κ1) is 22.0. The second kappa shape index (κ2) is 10.9. The van der Waals surface area contributed by atoms with Crippen LogP contribution < -0.4 is 5.32 Å². The molecule has 0 fully saturated rings. The van der Waals surface area contributed by atoms with Crippen LogP contribution in [0.1, 0.15) is 4.88 Å². The van der Waals surface area contributed by atoms with Gasteiger partial charge in [0.05, 0.1) is 11.4 Å². The summed E-state index contributed by atoms with van der Waals surface area (Å²) in [6.07, 6.45) is 2.64. The van der Waals surface area contributed by atoms with Crippen LogP contribution in [0.15, 0.2) is 87.3 Å². The fraction of sp³-hybridized carbons (Fsp3) is 0.136. The van der Waals surface area contributed by atoms with E-state index in [-0.39, 0.29) is 11.7 Å². The highest BCUT2D eigenvalue weighted by Gasteiger charge is 2.12. The number of amides is 1. The van der Waals surface area contributed by atoms with Gasteiger partial charge in [-0.05, 0) is 54.3 Å². The SMILES string of the molecule is O=C(CSc1nncn1CCc1cccs1)Nc1ccccc1Sc1ccc(Cl)cc1. The van der Waals surface area contributed by atoms with Crippen molar-refractivity contribution < 1.29 is 4.79 Å². The van der Waals surface area contributed by atoms with Crippen LogP contribution in [0.25, 0.3) is 0 Å². The van der Waals surface area contributed by atoms with Gasteiger partial charge in [0.15, 0.2) is 5.16 Å². The molecule has 1 amide bonds. The highest BCUT2D eigenvalue weighted by molar-refractivity contribution is 8.00. The van der Waals surface area contributed by atoms with Crippen LogP contribution in [0.3, 0.4) is 0 Å². The Balaban J connectivity index is 1.33. The number of rotatable bonds is 9. The average molecular weight is 487 g/mol. The monoisotopic (exact) mass is 486 g/mol. The Bertz CT molecular complexity index is 1130. The molecule has 9 heteroatoms. The Kier molecular flexibility index (Phi) is 7.69. The molecule has 0 aliphatic heterocycles. The quantitative estimate of drug-likeness (QED) is 0.289. The number of benzene rings is 2. The molecule has 2 heterocycles. The number of halogens is 1. The number of anilines is 1. The number of nitrogens with one attached hydrogen (secondary N) is 1. The maximum Gasteiger partial charge on any atom is 0.234 e. The molecule has 0 unspecified atom stereocenters. The normalized spacial score (nSPS) is 10.9. The third-order valence-electron chi connectivity index (χ3n) is 4.29. The number of thiophene rings is 1. The number of aromatic nitrogens is 3. The van der Waals surface area contributed by atoms with Crippen LogP contribution >= 0.6 is 46.5 Å². The number of carbonyl (C=O) groups excluding carboxylic acids is 1. The second-order valence-electron chi connectivity index (χ2n) is 6.53. The standard InChI is InChI=1S/C22H19ClN4OS3/c23-16-7-9-18(10-8-16)31-20-6-2-1-5-19(20)25-21(28)14-30-22-26-24-15-27(22)12-11-17-4-3-13-29-17/h1-10,13,15H,11-12,14H2,(H,25,28). The predicted octanol–water partition coefficient (Wildman–Crippen LogP) is 6.12. The third kappa shape index (κ3) is 6.36. The zero-order valence-corrected chi connectivity index (χ0v) is 19.6. The molecule has 0 atom stereocenters. The molecule has 0 saturated carbocycles. The van der Waals surface area contributed by atoms with Gasteiger partial charge in [0.1, 0.15) is 6.33 Å². The van der Waals surface area contributed by atoms with E-state index in [9.17, 15) is 4.79 Å². The van der Waals surface area contributed by atoms with E-state index in [1.807, 2.05) is 53.1 Å². The van der Waals surface area contributed by atoms with Gasteiger partial charge in [-0.25, -0.2) is 0 Å². The molecule has 4 rings (SSSR count). The summed E-state index contributed by atoms with van der Waals surface area (Å²) >= 11 is 10.7.